The predicted molar refractivity (Wildman–Crippen MR) is 93.7 cm³/mol. The highest BCUT2D eigenvalue weighted by atomic mass is 15.2. The lowest BCUT2D eigenvalue weighted by Crippen LogP contribution is -2.37. The molecule has 0 aliphatic carbocycles. The largest absolute Gasteiger partial charge is 0.300 e. The topological polar surface area (TPSA) is 57.7 Å². The van der Waals surface area contributed by atoms with Gasteiger partial charge >= 0.3 is 0 Å². The van der Waals surface area contributed by atoms with Crippen LogP contribution in [0.1, 0.15) is 37.3 Å². The maximum Gasteiger partial charge on any atom is 0.159 e. The van der Waals surface area contributed by atoms with Crippen LogP contribution in [0.2, 0.25) is 0 Å². The summed E-state index contributed by atoms with van der Waals surface area (Å²) in [5, 5.41) is 9.14. The molecule has 2 fully saturated rings. The first-order valence-electron chi connectivity index (χ1n) is 8.88. The molecule has 24 heavy (non-hydrogen) atoms. The van der Waals surface area contributed by atoms with Crippen molar-refractivity contribution in [2.24, 2.45) is 0 Å². The van der Waals surface area contributed by atoms with E-state index in [1.807, 2.05) is 6.07 Å². The van der Waals surface area contributed by atoms with E-state index in [-0.39, 0.29) is 0 Å². The van der Waals surface area contributed by atoms with Gasteiger partial charge in [0.05, 0.1) is 11.2 Å². The van der Waals surface area contributed by atoms with Crippen molar-refractivity contribution in [2.75, 3.05) is 13.1 Å². The van der Waals surface area contributed by atoms with Crippen LogP contribution in [-0.2, 0) is 0 Å². The van der Waals surface area contributed by atoms with Crippen molar-refractivity contribution in [3.63, 3.8) is 0 Å². The molecule has 0 amide bonds. The number of benzene rings is 1. The fourth-order valence-corrected chi connectivity index (χ4v) is 4.41. The van der Waals surface area contributed by atoms with Gasteiger partial charge in [0.2, 0.25) is 0 Å². The number of aromatic amines is 1. The number of fused-ring (bicyclic) bond motifs is 2. The third kappa shape index (κ3) is 2.31. The SMILES string of the molecule is c1cnc(-c2ccc3[nH]nc(C4CCN5CCCC5C4)c3c2)nc1. The summed E-state index contributed by atoms with van der Waals surface area (Å²) >= 11 is 0. The maximum atomic E-state index is 4.68. The van der Waals surface area contributed by atoms with Gasteiger partial charge in [-0.3, -0.25) is 5.10 Å². The zero-order valence-corrected chi connectivity index (χ0v) is 13.7. The monoisotopic (exact) mass is 319 g/mol. The molecule has 2 aliphatic rings. The first-order valence-corrected chi connectivity index (χ1v) is 8.88. The predicted octanol–water partition coefficient (Wildman–Crippen LogP) is 3.36. The zero-order chi connectivity index (χ0) is 15.9. The van der Waals surface area contributed by atoms with Gasteiger partial charge in [0, 0.05) is 35.3 Å². The number of hydrogen-bond acceptors (Lipinski definition) is 4. The number of rotatable bonds is 2. The number of hydrogen-bond donors (Lipinski definition) is 1. The Hall–Kier alpha value is -2.27. The van der Waals surface area contributed by atoms with Crippen molar-refractivity contribution >= 4 is 10.9 Å². The number of nitrogens with one attached hydrogen (secondary N) is 1. The lowest BCUT2D eigenvalue weighted by Gasteiger charge is -2.34. The number of aromatic nitrogens is 4. The second-order valence-corrected chi connectivity index (χ2v) is 6.99. The lowest BCUT2D eigenvalue weighted by molar-refractivity contribution is 0.180. The summed E-state index contributed by atoms with van der Waals surface area (Å²) < 4.78 is 0. The van der Waals surface area contributed by atoms with Crippen molar-refractivity contribution in [3.8, 4) is 11.4 Å². The van der Waals surface area contributed by atoms with Crippen LogP contribution in [0.15, 0.2) is 36.7 Å². The minimum atomic E-state index is 0.560. The number of H-pyrrole nitrogens is 1. The molecular formula is C19H21N5. The van der Waals surface area contributed by atoms with Crippen LogP contribution in [-0.4, -0.2) is 44.2 Å². The van der Waals surface area contributed by atoms with Crippen molar-refractivity contribution in [1.29, 1.82) is 0 Å². The molecule has 2 atom stereocenters. The zero-order valence-electron chi connectivity index (χ0n) is 13.7. The average molecular weight is 319 g/mol. The summed E-state index contributed by atoms with van der Waals surface area (Å²) in [4.78, 5) is 11.4. The minimum Gasteiger partial charge on any atom is -0.300 e. The van der Waals surface area contributed by atoms with Crippen molar-refractivity contribution in [3.05, 3.63) is 42.4 Å². The van der Waals surface area contributed by atoms with Crippen LogP contribution >= 0.6 is 0 Å². The van der Waals surface area contributed by atoms with Gasteiger partial charge in [0.1, 0.15) is 0 Å². The maximum absolute atomic E-state index is 4.68. The minimum absolute atomic E-state index is 0.560. The van der Waals surface area contributed by atoms with E-state index in [1.165, 1.54) is 49.9 Å². The van der Waals surface area contributed by atoms with Crippen molar-refractivity contribution < 1.29 is 0 Å². The summed E-state index contributed by atoms with van der Waals surface area (Å²) in [7, 11) is 0. The van der Waals surface area contributed by atoms with E-state index in [2.05, 4.69) is 43.3 Å². The van der Waals surface area contributed by atoms with Crippen LogP contribution in [0.4, 0.5) is 0 Å². The fourth-order valence-electron chi connectivity index (χ4n) is 4.41. The van der Waals surface area contributed by atoms with Gasteiger partial charge in [-0.1, -0.05) is 0 Å². The van der Waals surface area contributed by atoms with E-state index in [1.54, 1.807) is 12.4 Å². The standard InChI is InChI=1S/C19H21N5/c1-3-15-11-13(6-10-24(15)9-1)18-16-12-14(4-5-17(16)22-23-18)19-20-7-2-8-21-19/h2,4-5,7-8,12-13,15H,1,3,6,9-11H2,(H,22,23). The Morgan fingerprint density at radius 3 is 2.92 bits per heavy atom. The summed E-state index contributed by atoms with van der Waals surface area (Å²) in [6, 6.07) is 8.98. The van der Waals surface area contributed by atoms with E-state index in [0.717, 1.165) is 22.9 Å². The van der Waals surface area contributed by atoms with E-state index >= 15 is 0 Å². The van der Waals surface area contributed by atoms with Crippen LogP contribution in [0.3, 0.4) is 0 Å². The Morgan fingerprint density at radius 2 is 2.00 bits per heavy atom. The molecule has 2 unspecified atom stereocenters. The molecule has 1 aromatic carbocycles. The molecular weight excluding hydrogens is 298 g/mol. The third-order valence-corrected chi connectivity index (χ3v) is 5.62. The molecule has 2 aromatic heterocycles. The van der Waals surface area contributed by atoms with Gasteiger partial charge in [-0.25, -0.2) is 9.97 Å². The Balaban J connectivity index is 1.52. The molecule has 5 nitrogen and oxygen atoms in total. The highest BCUT2D eigenvalue weighted by Gasteiger charge is 2.33. The molecule has 2 saturated heterocycles. The van der Waals surface area contributed by atoms with Gasteiger partial charge in [-0.05, 0) is 63.0 Å². The third-order valence-electron chi connectivity index (χ3n) is 5.62. The Kier molecular flexibility index (Phi) is 3.33. The molecule has 2 aliphatic heterocycles. The van der Waals surface area contributed by atoms with Crippen LogP contribution in [0.5, 0.6) is 0 Å². The van der Waals surface area contributed by atoms with Crippen LogP contribution in [0.25, 0.3) is 22.3 Å². The second kappa shape index (κ2) is 5.67. The quantitative estimate of drug-likeness (QED) is 0.787. The Morgan fingerprint density at radius 1 is 1.08 bits per heavy atom. The molecule has 1 N–H and O–H groups in total. The molecule has 5 heteroatoms. The summed E-state index contributed by atoms with van der Waals surface area (Å²) in [6.45, 7) is 2.50. The Labute approximate surface area is 141 Å². The molecule has 4 heterocycles. The van der Waals surface area contributed by atoms with E-state index < -0.39 is 0 Å². The summed E-state index contributed by atoms with van der Waals surface area (Å²) in [5.41, 5.74) is 3.40. The number of nitrogens with zero attached hydrogens (tertiary/aromatic N) is 4. The molecule has 0 saturated carbocycles. The van der Waals surface area contributed by atoms with Gasteiger partial charge < -0.3 is 4.90 Å². The highest BCUT2D eigenvalue weighted by molar-refractivity contribution is 5.86. The first kappa shape index (κ1) is 14.1. The van der Waals surface area contributed by atoms with Gasteiger partial charge in [0.15, 0.2) is 5.82 Å². The van der Waals surface area contributed by atoms with Crippen LogP contribution < -0.4 is 0 Å². The smallest absolute Gasteiger partial charge is 0.159 e. The molecule has 0 bridgehead atoms. The molecule has 0 spiro atoms. The van der Waals surface area contributed by atoms with Crippen molar-refractivity contribution in [2.45, 2.75) is 37.6 Å². The van der Waals surface area contributed by atoms with Gasteiger partial charge in [-0.15, -0.1) is 0 Å². The van der Waals surface area contributed by atoms with Crippen LogP contribution in [0, 0.1) is 0 Å². The van der Waals surface area contributed by atoms with Gasteiger partial charge in [0.25, 0.3) is 0 Å². The van der Waals surface area contributed by atoms with E-state index in [4.69, 9.17) is 0 Å². The Bertz CT molecular complexity index is 857. The number of piperidine rings is 1. The summed E-state index contributed by atoms with van der Waals surface area (Å²) in [6.07, 6.45) is 8.74. The molecule has 122 valence electrons. The average Bonchev–Trinajstić information content (AvgIpc) is 3.27. The highest BCUT2D eigenvalue weighted by Crippen LogP contribution is 2.38. The molecule has 5 rings (SSSR count). The summed E-state index contributed by atoms with van der Waals surface area (Å²) in [5.74, 6) is 1.34. The normalized spacial score (nSPS) is 24.3. The fraction of sp³-hybridized carbons (Fsp3) is 0.421. The lowest BCUT2D eigenvalue weighted by atomic mass is 9.87. The van der Waals surface area contributed by atoms with E-state index in [0.29, 0.717) is 5.92 Å². The van der Waals surface area contributed by atoms with Gasteiger partial charge in [-0.2, -0.15) is 5.10 Å². The van der Waals surface area contributed by atoms with E-state index in [9.17, 15) is 0 Å². The van der Waals surface area contributed by atoms with Crippen molar-refractivity contribution in [1.82, 2.24) is 25.1 Å². The second-order valence-electron chi connectivity index (χ2n) is 6.99. The molecule has 3 aromatic rings. The first-order chi connectivity index (χ1) is 11.9. The molecule has 0 radical (unpaired) electrons.